The van der Waals surface area contributed by atoms with Gasteiger partial charge < -0.3 is 15.2 Å². The molecule has 5 rings (SSSR count). The highest BCUT2D eigenvalue weighted by atomic mass is 35.5. The Labute approximate surface area is 215 Å². The van der Waals surface area contributed by atoms with Crippen molar-refractivity contribution in [1.82, 2.24) is 14.1 Å². The number of halogens is 1. The number of fused-ring (bicyclic) bond motifs is 1. The lowest BCUT2D eigenvalue weighted by atomic mass is 10.1. The fourth-order valence-corrected chi connectivity index (χ4v) is 4.87. The van der Waals surface area contributed by atoms with E-state index in [1.165, 1.54) is 10.9 Å². The molecule has 9 heteroatoms. The van der Waals surface area contributed by atoms with Gasteiger partial charge in [-0.2, -0.15) is 10.5 Å². The van der Waals surface area contributed by atoms with E-state index in [4.69, 9.17) is 5.73 Å². The maximum absolute atomic E-state index is 13.8. The first-order chi connectivity index (χ1) is 17.1. The number of piperidine rings is 1. The molecule has 182 valence electrons. The number of nitriles is 2. The van der Waals surface area contributed by atoms with E-state index in [9.17, 15) is 15.3 Å². The summed E-state index contributed by atoms with van der Waals surface area (Å²) in [6, 6.07) is 21.6. The first kappa shape index (κ1) is 25.0. The molecule has 2 aromatic heterocycles. The molecule has 1 aliphatic rings. The first-order valence-electron chi connectivity index (χ1n) is 11.6. The smallest absolute Gasteiger partial charge is 0.278 e. The maximum Gasteiger partial charge on any atom is 0.278 e. The highest BCUT2D eigenvalue weighted by Gasteiger charge is 2.28. The fourth-order valence-electron chi connectivity index (χ4n) is 4.87. The minimum atomic E-state index is -0.247. The molecule has 0 unspecified atom stereocenters. The summed E-state index contributed by atoms with van der Waals surface area (Å²) in [7, 11) is 0. The average Bonchev–Trinajstić information content (AvgIpc) is 3.20. The van der Waals surface area contributed by atoms with Crippen LogP contribution in [0.3, 0.4) is 0 Å². The van der Waals surface area contributed by atoms with E-state index in [1.807, 2.05) is 47.0 Å². The molecule has 1 saturated heterocycles. The number of hydrogen-bond acceptors (Lipinski definition) is 6. The largest absolute Gasteiger partial charge is 0.355 e. The van der Waals surface area contributed by atoms with Crippen LogP contribution in [0.5, 0.6) is 0 Å². The Bertz CT molecular complexity index is 1530. The summed E-state index contributed by atoms with van der Waals surface area (Å²) in [5.41, 5.74) is 9.47. The van der Waals surface area contributed by atoms with Crippen LogP contribution in [0.15, 0.2) is 65.7 Å². The van der Waals surface area contributed by atoms with Gasteiger partial charge in [-0.25, -0.2) is 4.98 Å². The molecular formula is C27H26ClN7O. The van der Waals surface area contributed by atoms with E-state index in [-0.39, 0.29) is 30.6 Å². The molecule has 0 saturated carbocycles. The highest BCUT2D eigenvalue weighted by Crippen LogP contribution is 2.32. The molecule has 0 amide bonds. The molecule has 1 atom stereocenters. The van der Waals surface area contributed by atoms with Gasteiger partial charge in [-0.1, -0.05) is 48.5 Å². The van der Waals surface area contributed by atoms with Crippen LogP contribution in [0.1, 0.15) is 35.1 Å². The summed E-state index contributed by atoms with van der Waals surface area (Å²) in [6.07, 6.45) is 3.32. The summed E-state index contributed by atoms with van der Waals surface area (Å²) >= 11 is 0. The van der Waals surface area contributed by atoms with Gasteiger partial charge in [0.05, 0.1) is 24.5 Å². The van der Waals surface area contributed by atoms with Crippen molar-refractivity contribution in [3.63, 3.8) is 0 Å². The van der Waals surface area contributed by atoms with Gasteiger partial charge in [0.25, 0.3) is 5.56 Å². The Morgan fingerprint density at radius 1 is 1.03 bits per heavy atom. The van der Waals surface area contributed by atoms with Crippen molar-refractivity contribution in [3.05, 3.63) is 93.5 Å². The van der Waals surface area contributed by atoms with E-state index in [0.29, 0.717) is 41.1 Å². The number of benzene rings is 2. The van der Waals surface area contributed by atoms with E-state index in [0.717, 1.165) is 30.5 Å². The quantitative estimate of drug-likeness (QED) is 0.450. The van der Waals surface area contributed by atoms with Crippen LogP contribution in [-0.4, -0.2) is 33.2 Å². The zero-order valence-electron chi connectivity index (χ0n) is 19.7. The number of nitrogens with zero attached hydrogens (tertiary/aromatic N) is 6. The second kappa shape index (κ2) is 10.7. The predicted molar refractivity (Wildman–Crippen MR) is 141 cm³/mol. The normalized spacial score (nSPS) is 15.2. The second-order valence-electron chi connectivity index (χ2n) is 8.87. The zero-order chi connectivity index (χ0) is 24.4. The van der Waals surface area contributed by atoms with Crippen molar-refractivity contribution in [1.29, 1.82) is 10.5 Å². The molecule has 0 radical (unpaired) electrons. The third kappa shape index (κ3) is 4.57. The molecule has 0 spiro atoms. The maximum atomic E-state index is 13.8. The van der Waals surface area contributed by atoms with Gasteiger partial charge in [0.15, 0.2) is 0 Å². The summed E-state index contributed by atoms with van der Waals surface area (Å²) in [5, 5.41) is 19.6. The third-order valence-corrected chi connectivity index (χ3v) is 6.53. The molecule has 36 heavy (non-hydrogen) atoms. The van der Waals surface area contributed by atoms with Crippen molar-refractivity contribution in [2.75, 3.05) is 18.0 Å². The molecule has 8 nitrogen and oxygen atoms in total. The Morgan fingerprint density at radius 2 is 1.78 bits per heavy atom. The number of rotatable bonds is 5. The standard InChI is InChI=1S/C27H25N7O.ClH/c28-13-20-9-4-5-10-21(20)16-33-18-31-24-23(14-29)26(32-12-6-11-22(30)17-32)34(25(24)27(33)35)15-19-7-2-1-3-8-19;/h1-5,7-10,18,22H,6,11-12,15-17,30H2;1H/t22-;/m0./s1. The van der Waals surface area contributed by atoms with E-state index >= 15 is 0 Å². The van der Waals surface area contributed by atoms with E-state index in [1.54, 1.807) is 12.1 Å². The Morgan fingerprint density at radius 3 is 2.50 bits per heavy atom. The lowest BCUT2D eigenvalue weighted by Gasteiger charge is -2.33. The van der Waals surface area contributed by atoms with Crippen molar-refractivity contribution in [3.8, 4) is 12.1 Å². The molecule has 0 aliphatic carbocycles. The van der Waals surface area contributed by atoms with Gasteiger partial charge in [0.1, 0.15) is 28.5 Å². The van der Waals surface area contributed by atoms with Crippen molar-refractivity contribution >= 4 is 29.3 Å². The van der Waals surface area contributed by atoms with Gasteiger partial charge in [0.2, 0.25) is 0 Å². The molecule has 0 bridgehead atoms. The minimum Gasteiger partial charge on any atom is -0.355 e. The van der Waals surface area contributed by atoms with Crippen LogP contribution >= 0.6 is 12.4 Å². The van der Waals surface area contributed by atoms with Gasteiger partial charge in [-0.15, -0.1) is 12.4 Å². The average molecular weight is 500 g/mol. The monoisotopic (exact) mass is 499 g/mol. The number of hydrogen-bond donors (Lipinski definition) is 1. The Kier molecular flexibility index (Phi) is 7.40. The van der Waals surface area contributed by atoms with E-state index < -0.39 is 0 Å². The van der Waals surface area contributed by atoms with E-state index in [2.05, 4.69) is 22.0 Å². The predicted octanol–water partition coefficient (Wildman–Crippen LogP) is 3.39. The minimum absolute atomic E-state index is 0. The highest BCUT2D eigenvalue weighted by molar-refractivity contribution is 5.89. The second-order valence-corrected chi connectivity index (χ2v) is 8.87. The number of aromatic nitrogens is 3. The zero-order valence-corrected chi connectivity index (χ0v) is 20.5. The molecular weight excluding hydrogens is 474 g/mol. The number of nitrogens with two attached hydrogens (primary N) is 1. The van der Waals surface area contributed by atoms with Crippen molar-refractivity contribution in [2.45, 2.75) is 32.0 Å². The Hall–Kier alpha value is -4.11. The number of anilines is 1. The molecule has 2 N–H and O–H groups in total. The molecule has 1 fully saturated rings. The summed E-state index contributed by atoms with van der Waals surface area (Å²) in [5.74, 6) is 0.696. The van der Waals surface area contributed by atoms with Crippen molar-refractivity contribution in [2.24, 2.45) is 5.73 Å². The third-order valence-electron chi connectivity index (χ3n) is 6.53. The summed E-state index contributed by atoms with van der Waals surface area (Å²) < 4.78 is 3.43. The molecule has 3 heterocycles. The molecule has 2 aromatic carbocycles. The van der Waals surface area contributed by atoms with Crippen LogP contribution in [0, 0.1) is 22.7 Å². The Balaban J connectivity index is 0.00000304. The van der Waals surface area contributed by atoms with Gasteiger partial charge >= 0.3 is 0 Å². The van der Waals surface area contributed by atoms with Crippen LogP contribution in [0.4, 0.5) is 5.82 Å². The fraction of sp³-hybridized carbons (Fsp3) is 0.259. The topological polar surface area (TPSA) is 117 Å². The lowest BCUT2D eigenvalue weighted by Crippen LogP contribution is -2.44. The molecule has 1 aliphatic heterocycles. The van der Waals surface area contributed by atoms with Gasteiger partial charge in [-0.3, -0.25) is 9.36 Å². The van der Waals surface area contributed by atoms with Crippen LogP contribution in [0.25, 0.3) is 11.0 Å². The first-order valence-corrected chi connectivity index (χ1v) is 11.6. The van der Waals surface area contributed by atoms with Crippen LogP contribution in [0.2, 0.25) is 0 Å². The van der Waals surface area contributed by atoms with Crippen molar-refractivity contribution < 1.29 is 0 Å². The summed E-state index contributed by atoms with van der Waals surface area (Å²) in [4.78, 5) is 20.5. The van der Waals surface area contributed by atoms with Crippen LogP contribution < -0.4 is 16.2 Å². The SMILES string of the molecule is Cl.N#Cc1ccccc1Cn1cnc2c(C#N)c(N3CCC[C@H](N)C3)n(Cc3ccccc3)c2c1=O. The van der Waals surface area contributed by atoms with Crippen LogP contribution in [-0.2, 0) is 13.1 Å². The van der Waals surface area contributed by atoms with Gasteiger partial charge in [0, 0.05) is 25.7 Å². The van der Waals surface area contributed by atoms with Gasteiger partial charge in [-0.05, 0) is 30.0 Å². The summed E-state index contributed by atoms with van der Waals surface area (Å²) in [6.45, 7) is 2.02. The molecule has 4 aromatic rings. The lowest BCUT2D eigenvalue weighted by molar-refractivity contribution is 0.498.